The third kappa shape index (κ3) is 4.12. The second-order valence-corrected chi connectivity index (χ2v) is 7.23. The molecule has 1 unspecified atom stereocenters. The topological polar surface area (TPSA) is 84.0 Å². The number of nitrogens with zero attached hydrogens (tertiary/aromatic N) is 2. The van der Waals surface area contributed by atoms with Gasteiger partial charge in [-0.1, -0.05) is 12.1 Å². The van der Waals surface area contributed by atoms with Gasteiger partial charge in [-0.2, -0.15) is 0 Å². The van der Waals surface area contributed by atoms with Crippen molar-refractivity contribution in [2.24, 2.45) is 0 Å². The molecular formula is C21H20N2O5S. The molecule has 0 spiro atoms. The zero-order valence-electron chi connectivity index (χ0n) is 15.9. The second kappa shape index (κ2) is 8.83. The van der Waals surface area contributed by atoms with Gasteiger partial charge in [0.2, 0.25) is 5.91 Å². The van der Waals surface area contributed by atoms with Crippen LogP contribution in [0.15, 0.2) is 54.4 Å². The van der Waals surface area contributed by atoms with Gasteiger partial charge < -0.3 is 9.64 Å². The Kier molecular flexibility index (Phi) is 6.23. The summed E-state index contributed by atoms with van der Waals surface area (Å²) in [5.41, 5.74) is 0.671. The molecule has 1 aromatic carbocycles. The fraction of sp³-hybridized carbons (Fsp3) is 0.238. The Morgan fingerprint density at radius 1 is 1.28 bits per heavy atom. The van der Waals surface area contributed by atoms with Crippen molar-refractivity contribution in [1.29, 1.82) is 0 Å². The van der Waals surface area contributed by atoms with Gasteiger partial charge in [0.25, 0.3) is 11.8 Å². The van der Waals surface area contributed by atoms with Crippen molar-refractivity contribution in [3.05, 3.63) is 64.9 Å². The molecule has 1 aliphatic rings. The summed E-state index contributed by atoms with van der Waals surface area (Å²) in [6, 6.07) is 8.56. The van der Waals surface area contributed by atoms with E-state index < -0.39 is 23.8 Å². The van der Waals surface area contributed by atoms with E-state index in [-0.39, 0.29) is 25.5 Å². The van der Waals surface area contributed by atoms with E-state index in [1.165, 1.54) is 46.6 Å². The van der Waals surface area contributed by atoms with E-state index in [2.05, 4.69) is 6.58 Å². The molecule has 1 saturated heterocycles. The van der Waals surface area contributed by atoms with Crippen LogP contribution >= 0.6 is 11.3 Å². The van der Waals surface area contributed by atoms with Gasteiger partial charge in [-0.3, -0.25) is 14.4 Å². The van der Waals surface area contributed by atoms with E-state index >= 15 is 0 Å². The lowest BCUT2D eigenvalue weighted by Crippen LogP contribution is -2.45. The molecule has 1 fully saturated rings. The van der Waals surface area contributed by atoms with Gasteiger partial charge in [0, 0.05) is 6.54 Å². The van der Waals surface area contributed by atoms with Crippen molar-refractivity contribution in [3.63, 3.8) is 0 Å². The number of rotatable bonds is 7. The lowest BCUT2D eigenvalue weighted by Gasteiger charge is -2.26. The van der Waals surface area contributed by atoms with Crippen molar-refractivity contribution in [2.75, 3.05) is 18.1 Å². The predicted octanol–water partition coefficient (Wildman–Crippen LogP) is 2.89. The van der Waals surface area contributed by atoms with E-state index in [0.717, 1.165) is 4.90 Å². The van der Waals surface area contributed by atoms with Gasteiger partial charge in [-0.05, 0) is 42.6 Å². The number of carbonyl (C=O) groups excluding carboxylic acids is 4. The van der Waals surface area contributed by atoms with Gasteiger partial charge >= 0.3 is 5.97 Å². The van der Waals surface area contributed by atoms with Crippen LogP contribution in [0.25, 0.3) is 0 Å². The van der Waals surface area contributed by atoms with Crippen molar-refractivity contribution in [2.45, 2.75) is 19.4 Å². The molecule has 150 valence electrons. The normalized spacial score (nSPS) is 16.0. The first-order chi connectivity index (χ1) is 14.0. The molecule has 3 rings (SSSR count). The first kappa shape index (κ1) is 20.5. The highest BCUT2D eigenvalue weighted by Crippen LogP contribution is 2.27. The Morgan fingerprint density at radius 3 is 2.59 bits per heavy atom. The first-order valence-corrected chi connectivity index (χ1v) is 9.95. The molecule has 2 aromatic rings. The van der Waals surface area contributed by atoms with Gasteiger partial charge in [0.05, 0.1) is 29.2 Å². The number of benzene rings is 1. The number of hydrogen-bond acceptors (Lipinski definition) is 6. The molecule has 3 amide bonds. The maximum absolute atomic E-state index is 13.0. The van der Waals surface area contributed by atoms with Crippen LogP contribution in [0.3, 0.4) is 0 Å². The number of thiophene rings is 1. The van der Waals surface area contributed by atoms with Crippen LogP contribution < -0.4 is 4.90 Å². The third-order valence-corrected chi connectivity index (χ3v) is 5.31. The van der Waals surface area contributed by atoms with Crippen molar-refractivity contribution in [3.8, 4) is 0 Å². The Hall–Kier alpha value is -3.26. The van der Waals surface area contributed by atoms with Crippen LogP contribution in [0.5, 0.6) is 0 Å². The number of hydrogen-bond donors (Lipinski definition) is 0. The summed E-state index contributed by atoms with van der Waals surface area (Å²) in [5, 5.41) is 1.78. The van der Waals surface area contributed by atoms with Crippen LogP contribution in [0, 0.1) is 0 Å². The summed E-state index contributed by atoms with van der Waals surface area (Å²) < 4.78 is 4.93. The zero-order chi connectivity index (χ0) is 21.0. The van der Waals surface area contributed by atoms with Gasteiger partial charge in [-0.15, -0.1) is 17.9 Å². The lowest BCUT2D eigenvalue weighted by atomic mass is 10.2. The summed E-state index contributed by atoms with van der Waals surface area (Å²) in [6.45, 7) is 5.76. The van der Waals surface area contributed by atoms with Gasteiger partial charge in [0.15, 0.2) is 0 Å². The van der Waals surface area contributed by atoms with Gasteiger partial charge in [-0.25, -0.2) is 9.69 Å². The number of imide groups is 1. The number of esters is 1. The Bertz CT molecular complexity index is 936. The smallest absolute Gasteiger partial charge is 0.338 e. The van der Waals surface area contributed by atoms with Crippen LogP contribution in [-0.2, 0) is 14.3 Å². The van der Waals surface area contributed by atoms with Crippen LogP contribution in [-0.4, -0.2) is 47.8 Å². The SMILES string of the molecule is C=CCN(C(=O)c1cccs1)C1CC(=O)N(c2ccc(C(=O)OCC)cc2)C1=O. The highest BCUT2D eigenvalue weighted by molar-refractivity contribution is 7.12. The average molecular weight is 412 g/mol. The van der Waals surface area contributed by atoms with E-state index in [1.54, 1.807) is 24.4 Å². The van der Waals surface area contributed by atoms with Crippen LogP contribution in [0.2, 0.25) is 0 Å². The monoisotopic (exact) mass is 412 g/mol. The maximum atomic E-state index is 13.0. The highest BCUT2D eigenvalue weighted by Gasteiger charge is 2.44. The quantitative estimate of drug-likeness (QED) is 0.397. The number of amides is 3. The summed E-state index contributed by atoms with van der Waals surface area (Å²) >= 11 is 1.27. The van der Waals surface area contributed by atoms with Gasteiger partial charge in [0.1, 0.15) is 6.04 Å². The second-order valence-electron chi connectivity index (χ2n) is 6.28. The first-order valence-electron chi connectivity index (χ1n) is 9.07. The number of anilines is 1. The minimum Gasteiger partial charge on any atom is -0.462 e. The molecule has 7 nitrogen and oxygen atoms in total. The van der Waals surface area contributed by atoms with Crippen LogP contribution in [0.1, 0.15) is 33.4 Å². The van der Waals surface area contributed by atoms with E-state index in [4.69, 9.17) is 4.74 Å². The Balaban J connectivity index is 1.83. The fourth-order valence-electron chi connectivity index (χ4n) is 3.12. The fourth-order valence-corrected chi connectivity index (χ4v) is 3.80. The largest absolute Gasteiger partial charge is 0.462 e. The lowest BCUT2D eigenvalue weighted by molar-refractivity contribution is -0.122. The molecule has 29 heavy (non-hydrogen) atoms. The molecule has 8 heteroatoms. The van der Waals surface area contributed by atoms with E-state index in [9.17, 15) is 19.2 Å². The van der Waals surface area contributed by atoms with E-state index in [0.29, 0.717) is 16.1 Å². The standard InChI is InChI=1S/C21H20N2O5S/c1-3-11-22(20(26)17-6-5-12-29-17)16-13-18(24)23(19(16)25)15-9-7-14(8-10-15)21(27)28-4-2/h3,5-10,12,16H,1,4,11,13H2,2H3. The molecule has 0 saturated carbocycles. The number of ether oxygens (including phenoxy) is 1. The summed E-state index contributed by atoms with van der Waals surface area (Å²) in [7, 11) is 0. The Morgan fingerprint density at radius 2 is 2.00 bits per heavy atom. The molecular weight excluding hydrogens is 392 g/mol. The average Bonchev–Trinajstić information content (AvgIpc) is 3.34. The van der Waals surface area contributed by atoms with E-state index in [1.807, 2.05) is 0 Å². The maximum Gasteiger partial charge on any atom is 0.338 e. The predicted molar refractivity (Wildman–Crippen MR) is 109 cm³/mol. The minimum atomic E-state index is -0.903. The summed E-state index contributed by atoms with van der Waals surface area (Å²) in [4.78, 5) is 53.1. The molecule has 0 bridgehead atoms. The molecule has 2 heterocycles. The van der Waals surface area contributed by atoms with Crippen LogP contribution in [0.4, 0.5) is 5.69 Å². The van der Waals surface area contributed by atoms with Crippen molar-refractivity contribution < 1.29 is 23.9 Å². The molecule has 1 aromatic heterocycles. The molecule has 1 atom stereocenters. The zero-order valence-corrected chi connectivity index (χ0v) is 16.7. The minimum absolute atomic E-state index is 0.108. The summed E-state index contributed by atoms with van der Waals surface area (Å²) in [5.74, 6) is -1.68. The molecule has 0 aliphatic carbocycles. The Labute approximate surface area is 172 Å². The highest BCUT2D eigenvalue weighted by atomic mass is 32.1. The van der Waals surface area contributed by atoms with Crippen molar-refractivity contribution in [1.82, 2.24) is 4.90 Å². The number of carbonyl (C=O) groups is 4. The third-order valence-electron chi connectivity index (χ3n) is 4.45. The van der Waals surface area contributed by atoms with Crippen molar-refractivity contribution >= 4 is 40.7 Å². The summed E-state index contributed by atoms with van der Waals surface area (Å²) in [6.07, 6.45) is 1.42. The molecule has 1 aliphatic heterocycles. The molecule has 0 radical (unpaired) electrons. The molecule has 0 N–H and O–H groups in total.